The summed E-state index contributed by atoms with van der Waals surface area (Å²) in [5, 5.41) is 13.6. The number of alkyl halides is 2. The van der Waals surface area contributed by atoms with E-state index in [4.69, 9.17) is 23.2 Å². The second-order valence-electron chi connectivity index (χ2n) is 5.14. The van der Waals surface area contributed by atoms with Gasteiger partial charge in [-0.2, -0.15) is 0 Å². The Bertz CT molecular complexity index is 888. The van der Waals surface area contributed by atoms with Crippen molar-refractivity contribution in [1.82, 2.24) is 0 Å². The molecule has 0 saturated carbocycles. The first kappa shape index (κ1) is 17.7. The lowest BCUT2D eigenvalue weighted by atomic mass is 10.1. The molecule has 0 fully saturated rings. The third kappa shape index (κ3) is 3.06. The molecule has 2 aromatic rings. The fraction of sp³-hybridized carbons (Fsp3) is 0.133. The molecule has 0 unspecified atom stereocenters. The van der Waals surface area contributed by atoms with Crippen LogP contribution < -0.4 is 5.32 Å². The fourth-order valence-electron chi connectivity index (χ4n) is 2.66. The number of rotatable bonds is 3. The number of amides is 1. The first-order chi connectivity index (χ1) is 11.3. The van der Waals surface area contributed by atoms with E-state index in [1.165, 1.54) is 6.07 Å². The number of carbonyl (C=O) groups is 1. The highest BCUT2D eigenvalue weighted by molar-refractivity contribution is 9.11. The van der Waals surface area contributed by atoms with Crippen molar-refractivity contribution in [2.24, 2.45) is 0 Å². The third-order valence-corrected chi connectivity index (χ3v) is 5.62. The van der Waals surface area contributed by atoms with E-state index in [0.717, 1.165) is 22.3 Å². The molecule has 124 valence electrons. The lowest BCUT2D eigenvalue weighted by molar-refractivity contribution is -0.384. The molecule has 0 spiro atoms. The van der Waals surface area contributed by atoms with E-state index in [0.29, 0.717) is 21.1 Å². The van der Waals surface area contributed by atoms with Gasteiger partial charge in [-0.1, -0.05) is 23.2 Å². The van der Waals surface area contributed by atoms with Crippen LogP contribution in [-0.2, 0) is 11.2 Å². The van der Waals surface area contributed by atoms with Gasteiger partial charge in [-0.3, -0.25) is 14.9 Å². The summed E-state index contributed by atoms with van der Waals surface area (Å²) in [6.45, 7) is 0. The molecule has 1 N–H and O–H groups in total. The molecule has 0 radical (unpaired) electrons. The van der Waals surface area contributed by atoms with Gasteiger partial charge in [0.1, 0.15) is 0 Å². The summed E-state index contributed by atoms with van der Waals surface area (Å²) in [5.74, 6) is -0.536. The van der Waals surface area contributed by atoms with E-state index in [2.05, 4.69) is 37.2 Å². The molecule has 0 aliphatic heterocycles. The summed E-state index contributed by atoms with van der Waals surface area (Å²) in [6.07, 6.45) is 0.522. The molecule has 3 rings (SSSR count). The molecule has 5 nitrogen and oxygen atoms in total. The fourth-order valence-corrected chi connectivity index (χ4v) is 4.23. The Kier molecular flexibility index (Phi) is 4.88. The molecule has 2 aromatic carbocycles. The van der Waals surface area contributed by atoms with Crippen molar-refractivity contribution in [3.05, 3.63) is 54.5 Å². The van der Waals surface area contributed by atoms with Gasteiger partial charge in [0.15, 0.2) is 4.84 Å². The van der Waals surface area contributed by atoms with Crippen LogP contribution in [0.2, 0.25) is 0 Å². The Morgan fingerprint density at radius 1 is 1.25 bits per heavy atom. The van der Waals surface area contributed by atoms with Crippen molar-refractivity contribution in [2.75, 3.05) is 5.32 Å². The van der Waals surface area contributed by atoms with E-state index in [1.54, 1.807) is 12.1 Å². The number of nitrogens with zero attached hydrogens (tertiary/aromatic N) is 1. The molecule has 0 aromatic heterocycles. The van der Waals surface area contributed by atoms with Crippen LogP contribution >= 0.6 is 55.1 Å². The Morgan fingerprint density at radius 2 is 1.96 bits per heavy atom. The Balaban J connectivity index is 2.07. The highest BCUT2D eigenvalue weighted by atomic mass is 79.9. The minimum absolute atomic E-state index is 0.0531. The molecule has 9 heteroatoms. The number of non-ortho nitro benzene ring substituents is 1. The van der Waals surface area contributed by atoms with Gasteiger partial charge in [0.05, 0.1) is 10.6 Å². The monoisotopic (exact) mass is 492 g/mol. The first-order valence-corrected chi connectivity index (χ1v) is 9.13. The molecule has 24 heavy (non-hydrogen) atoms. The van der Waals surface area contributed by atoms with Gasteiger partial charge in [0.2, 0.25) is 0 Å². The van der Waals surface area contributed by atoms with Crippen LogP contribution in [0.15, 0.2) is 33.2 Å². The maximum Gasteiger partial charge on any atom is 0.269 e. The smallest absolute Gasteiger partial charge is 0.269 e. The largest absolute Gasteiger partial charge is 0.322 e. The maximum absolute atomic E-state index is 11.8. The number of halogens is 4. The average molecular weight is 495 g/mol. The van der Waals surface area contributed by atoms with Gasteiger partial charge >= 0.3 is 0 Å². The van der Waals surface area contributed by atoms with E-state index < -0.39 is 15.7 Å². The lowest BCUT2D eigenvalue weighted by Gasteiger charge is -2.14. The predicted molar refractivity (Wildman–Crippen MR) is 101 cm³/mol. The minimum atomic E-state index is -1.18. The van der Waals surface area contributed by atoms with Crippen LogP contribution in [0.1, 0.15) is 11.1 Å². The number of anilines is 1. The Hall–Kier alpha value is -1.15. The van der Waals surface area contributed by atoms with Crippen molar-refractivity contribution in [3.63, 3.8) is 0 Å². The summed E-state index contributed by atoms with van der Waals surface area (Å²) < 4.78 is 1.34. The Labute approximate surface area is 163 Å². The van der Waals surface area contributed by atoms with Crippen LogP contribution in [0.25, 0.3) is 11.1 Å². The number of benzene rings is 2. The van der Waals surface area contributed by atoms with Crippen LogP contribution in [0.3, 0.4) is 0 Å². The number of nitro groups is 1. The van der Waals surface area contributed by atoms with Gasteiger partial charge in [-0.05, 0) is 66.2 Å². The number of nitrogens with one attached hydrogen (secondary N) is 1. The van der Waals surface area contributed by atoms with Gasteiger partial charge in [0.25, 0.3) is 11.6 Å². The lowest BCUT2D eigenvalue weighted by Crippen LogP contribution is -2.19. The second kappa shape index (κ2) is 6.63. The minimum Gasteiger partial charge on any atom is -0.322 e. The van der Waals surface area contributed by atoms with Crippen LogP contribution in [0, 0.1) is 10.1 Å². The zero-order valence-electron chi connectivity index (χ0n) is 11.8. The number of hydrogen-bond acceptors (Lipinski definition) is 3. The Morgan fingerprint density at radius 3 is 2.58 bits per heavy atom. The van der Waals surface area contributed by atoms with Gasteiger partial charge in [0, 0.05) is 27.5 Å². The van der Waals surface area contributed by atoms with Crippen LogP contribution in [0.4, 0.5) is 11.4 Å². The molecule has 0 atom stereocenters. The van der Waals surface area contributed by atoms with E-state index in [-0.39, 0.29) is 5.69 Å². The highest BCUT2D eigenvalue weighted by Crippen LogP contribution is 2.47. The standard InChI is InChI=1S/C15H8Br2Cl2N2O3/c16-11-5-9-8-2-1-7(21(23)24)3-6(8)4-10(9)12(17)13(11)20-15(22)14(18)19/h1-3,5,14H,4H2,(H,20,22). The molecular formula is C15H8Br2Cl2N2O3. The molecular weight excluding hydrogens is 487 g/mol. The number of carbonyl (C=O) groups excluding carboxylic acids is 1. The molecule has 0 saturated heterocycles. The van der Waals surface area contributed by atoms with Crippen LogP contribution in [0.5, 0.6) is 0 Å². The summed E-state index contributed by atoms with van der Waals surface area (Å²) in [4.78, 5) is 21.1. The van der Waals surface area contributed by atoms with E-state index >= 15 is 0 Å². The maximum atomic E-state index is 11.8. The molecule has 0 heterocycles. The molecule has 1 amide bonds. The van der Waals surface area contributed by atoms with Crippen LogP contribution in [-0.4, -0.2) is 15.7 Å². The quantitative estimate of drug-likeness (QED) is 0.299. The SMILES string of the molecule is O=C(Nc1c(Br)cc2c(c1Br)Cc1cc([N+](=O)[O-])ccc1-2)C(Cl)Cl. The summed E-state index contributed by atoms with van der Waals surface area (Å²) in [6, 6.07) is 6.66. The average Bonchev–Trinajstić information content (AvgIpc) is 2.89. The van der Waals surface area contributed by atoms with Crippen molar-refractivity contribution >= 4 is 72.3 Å². The van der Waals surface area contributed by atoms with Crippen molar-refractivity contribution in [3.8, 4) is 11.1 Å². The zero-order valence-corrected chi connectivity index (χ0v) is 16.5. The summed E-state index contributed by atoms with van der Waals surface area (Å²) >= 11 is 18.1. The van der Waals surface area contributed by atoms with Gasteiger partial charge in [-0.25, -0.2) is 0 Å². The van der Waals surface area contributed by atoms with E-state index in [1.807, 2.05) is 6.07 Å². The molecule has 0 bridgehead atoms. The second-order valence-corrected chi connectivity index (χ2v) is 7.88. The number of fused-ring (bicyclic) bond motifs is 3. The summed E-state index contributed by atoms with van der Waals surface area (Å²) in [7, 11) is 0. The van der Waals surface area contributed by atoms with Gasteiger partial charge < -0.3 is 5.32 Å². The van der Waals surface area contributed by atoms with Crippen molar-refractivity contribution in [1.29, 1.82) is 0 Å². The molecule has 1 aliphatic carbocycles. The summed E-state index contributed by atoms with van der Waals surface area (Å²) in [5.41, 5.74) is 4.25. The van der Waals surface area contributed by atoms with Crippen molar-refractivity contribution in [2.45, 2.75) is 11.3 Å². The number of hydrogen-bond donors (Lipinski definition) is 1. The zero-order chi connectivity index (χ0) is 17.6. The predicted octanol–water partition coefficient (Wildman–Crippen LogP) is 5.43. The third-order valence-electron chi connectivity index (χ3n) is 3.72. The van der Waals surface area contributed by atoms with Gasteiger partial charge in [-0.15, -0.1) is 0 Å². The highest BCUT2D eigenvalue weighted by Gasteiger charge is 2.27. The first-order valence-electron chi connectivity index (χ1n) is 6.67. The number of nitro benzene ring substituents is 1. The molecule has 1 aliphatic rings. The topological polar surface area (TPSA) is 72.2 Å². The normalized spacial score (nSPS) is 12.0. The van der Waals surface area contributed by atoms with Crippen molar-refractivity contribution < 1.29 is 9.72 Å². The van der Waals surface area contributed by atoms with E-state index in [9.17, 15) is 14.9 Å².